The van der Waals surface area contributed by atoms with Gasteiger partial charge in [-0.05, 0) is 179 Å². The van der Waals surface area contributed by atoms with E-state index in [0.29, 0.717) is 13.1 Å². The highest BCUT2D eigenvalue weighted by Crippen LogP contribution is 2.47. The first-order chi connectivity index (χ1) is 40.9. The third kappa shape index (κ3) is 18.3. The predicted molar refractivity (Wildman–Crippen MR) is 363 cm³/mol. The van der Waals surface area contributed by atoms with Gasteiger partial charge >= 0.3 is 19.3 Å². The number of aliphatic hydroxyl groups is 3. The number of ether oxygens (including phenoxy) is 4. The van der Waals surface area contributed by atoms with Crippen LogP contribution in [0.4, 0.5) is 31.2 Å². The van der Waals surface area contributed by atoms with Gasteiger partial charge in [-0.3, -0.25) is 9.80 Å². The van der Waals surface area contributed by atoms with E-state index in [9.17, 15) is 14.7 Å². The van der Waals surface area contributed by atoms with E-state index in [2.05, 4.69) is 120 Å². The Kier molecular flexibility index (Phi) is 26.5. The number of halogens is 6. The lowest BCUT2D eigenvalue weighted by atomic mass is 9.75. The van der Waals surface area contributed by atoms with E-state index in [0.717, 1.165) is 152 Å². The second-order valence-corrected chi connectivity index (χ2v) is 30.1. The number of aliphatic hydroxyl groups excluding tert-OH is 3. The number of hydrogen-bond acceptors (Lipinski definition) is 20. The SMILES string of the molecule is Brc1csc(Br)n1.CC(Cl)Cl.COC(=O)N1c2ccc(-c3csc(N4CC(O)C4)n3)c(OC3CCC3)c2CC[C@@H]1C.COC(=O)N1c2ccc(B3OC(C)(C)C(C)(C)O3)c(OC3CCC3)c2CC[C@@H]1C.Cl.OC1CN(c2nc(Br)cs2)C1.OC1CNC1. The maximum Gasteiger partial charge on any atom is 0.498 e. The molecule has 9 heterocycles. The first kappa shape index (κ1) is 71.6. The molecule has 480 valence electrons. The first-order valence-electron chi connectivity index (χ1n) is 29.0. The molecular weight excluding hydrogens is 1440 g/mol. The van der Waals surface area contributed by atoms with Gasteiger partial charge in [0.25, 0.3) is 0 Å². The number of carbonyl (C=O) groups excluding carboxylic acids is 2. The van der Waals surface area contributed by atoms with Crippen LogP contribution in [0, 0.1) is 0 Å². The van der Waals surface area contributed by atoms with Crippen LogP contribution in [-0.2, 0) is 31.6 Å². The number of alkyl halides is 2. The van der Waals surface area contributed by atoms with Gasteiger partial charge in [0.05, 0.1) is 73.0 Å². The molecule has 2 amide bonds. The number of rotatable bonds is 8. The Labute approximate surface area is 564 Å². The summed E-state index contributed by atoms with van der Waals surface area (Å²) in [7, 11) is 2.35. The fraction of sp³-hybridized carbons (Fsp3) is 0.603. The molecule has 2 aromatic carbocycles. The van der Waals surface area contributed by atoms with Gasteiger partial charge in [0.15, 0.2) is 14.2 Å². The van der Waals surface area contributed by atoms with E-state index in [-0.39, 0.29) is 72.0 Å². The van der Waals surface area contributed by atoms with Gasteiger partial charge in [-0.2, -0.15) is 0 Å². The zero-order valence-corrected chi connectivity index (χ0v) is 59.8. The number of methoxy groups -OCH3 is 2. The molecule has 6 fully saturated rings. The standard InChI is InChI=1S/C22H32BNO5.C22H27N3O4S.C6H7BrN2OS.C3HBr2NS.C3H7NO.C2H4Cl2.ClH/c1-14-10-11-16-18(24(14)20(25)26-6)13-12-17(19(16)27-15-8-7-9-15)23-28-21(2,3)22(4,5)29-23;1-13-6-7-17-19(25(13)22(27)28-2)9-8-16(20(17)29-15-4-3-5-15)18-12-30-21(23-18)24-10-14(26)11-24;7-5-3-11-6(8-5)9-1-4(10)2-9;4-2-1-7-3(5)6-2;5-3-1-4-2-3;1-2(3)4;/h12-15H,7-11H2,1-6H3;8-9,12-15,26H,3-7,10-11H2,1-2H3;3-4,10H,1-2H2;1H;3-5H,1-2H2;2H,1H3;1H/t14-;13-;;;;;/m00...../s1. The molecule has 0 radical (unpaired) electrons. The molecular formula is C58H79BBr3Cl3N8O11S3. The number of fused-ring (bicyclic) bond motifs is 2. The van der Waals surface area contributed by atoms with Crippen LogP contribution in [0.2, 0.25) is 0 Å². The molecule has 2 saturated carbocycles. The molecule has 0 spiro atoms. The fourth-order valence-corrected chi connectivity index (χ4v) is 13.8. The Morgan fingerprint density at radius 3 is 1.49 bits per heavy atom. The molecule has 87 heavy (non-hydrogen) atoms. The van der Waals surface area contributed by atoms with E-state index in [1.54, 1.807) is 50.7 Å². The lowest BCUT2D eigenvalue weighted by Gasteiger charge is -2.37. The van der Waals surface area contributed by atoms with Gasteiger partial charge in [0.2, 0.25) is 0 Å². The summed E-state index contributed by atoms with van der Waals surface area (Å²) in [5, 5.41) is 37.7. The Balaban J connectivity index is 0.000000173. The maximum absolute atomic E-state index is 12.5. The van der Waals surface area contributed by atoms with Crippen molar-refractivity contribution in [2.45, 2.75) is 171 Å². The Morgan fingerprint density at radius 2 is 1.11 bits per heavy atom. The maximum atomic E-state index is 12.5. The molecule has 4 saturated heterocycles. The van der Waals surface area contributed by atoms with Crippen LogP contribution in [0.5, 0.6) is 11.5 Å². The summed E-state index contributed by atoms with van der Waals surface area (Å²) in [4.78, 5) is 45.3. The molecule has 5 aromatic rings. The van der Waals surface area contributed by atoms with E-state index in [1.165, 1.54) is 27.1 Å². The van der Waals surface area contributed by atoms with Gasteiger partial charge in [-0.1, -0.05) is 6.07 Å². The molecule has 29 heteroatoms. The quantitative estimate of drug-likeness (QED) is 0.0840. The number of carbonyl (C=O) groups is 2. The van der Waals surface area contributed by atoms with Crippen molar-refractivity contribution in [3.05, 3.63) is 64.7 Å². The van der Waals surface area contributed by atoms with Crippen LogP contribution in [-0.4, -0.2) is 162 Å². The number of hydrogen-bond donors (Lipinski definition) is 4. The Morgan fingerprint density at radius 1 is 0.678 bits per heavy atom. The summed E-state index contributed by atoms with van der Waals surface area (Å²) >= 11 is 24.5. The topological polar surface area (TPSA) is 214 Å². The average molecular weight is 1520 g/mol. The predicted octanol–water partition coefficient (Wildman–Crippen LogP) is 12.6. The van der Waals surface area contributed by atoms with Crippen LogP contribution < -0.4 is 39.9 Å². The summed E-state index contributed by atoms with van der Waals surface area (Å²) in [5.74, 6) is 1.69. The molecule has 2 aliphatic carbocycles. The van der Waals surface area contributed by atoms with Crippen molar-refractivity contribution in [2.24, 2.45) is 0 Å². The second kappa shape index (κ2) is 32.2. The van der Waals surface area contributed by atoms with Crippen LogP contribution in [0.25, 0.3) is 11.3 Å². The van der Waals surface area contributed by atoms with Crippen molar-refractivity contribution < 1.29 is 53.2 Å². The summed E-state index contributed by atoms with van der Waals surface area (Å²) in [5.41, 5.74) is 5.78. The average Bonchev–Trinajstić information content (AvgIpc) is 1.79. The number of aromatic nitrogens is 3. The van der Waals surface area contributed by atoms with Crippen molar-refractivity contribution in [1.29, 1.82) is 0 Å². The second-order valence-electron chi connectivity index (χ2n) is 23.1. The van der Waals surface area contributed by atoms with Crippen molar-refractivity contribution in [3.63, 3.8) is 0 Å². The number of anilines is 4. The molecule has 13 rings (SSSR count). The van der Waals surface area contributed by atoms with E-state index >= 15 is 0 Å². The van der Waals surface area contributed by atoms with E-state index in [4.69, 9.17) is 66.7 Å². The normalized spacial score (nSPS) is 20.9. The summed E-state index contributed by atoms with van der Waals surface area (Å²) < 4.78 is 38.4. The van der Waals surface area contributed by atoms with Gasteiger partial charge in [-0.15, -0.1) is 69.6 Å². The minimum absolute atomic E-state index is 0. The highest BCUT2D eigenvalue weighted by atomic mass is 79.9. The molecule has 8 aliphatic rings. The Bertz CT molecular complexity index is 3020. The largest absolute Gasteiger partial charge is 0.498 e. The number of nitrogens with one attached hydrogen (secondary N) is 1. The van der Waals surface area contributed by atoms with Crippen LogP contribution in [0.15, 0.2) is 53.5 Å². The van der Waals surface area contributed by atoms with Crippen LogP contribution in [0.3, 0.4) is 0 Å². The number of thiazole rings is 3. The fourth-order valence-electron chi connectivity index (χ4n) is 9.98. The van der Waals surface area contributed by atoms with Crippen molar-refractivity contribution in [3.8, 4) is 22.8 Å². The molecule has 0 bridgehead atoms. The smallest absolute Gasteiger partial charge is 0.490 e. The first-order valence-corrected chi connectivity index (χ1v) is 34.9. The van der Waals surface area contributed by atoms with Gasteiger partial charge in [0, 0.05) is 89.6 Å². The van der Waals surface area contributed by atoms with Gasteiger partial charge < -0.3 is 58.7 Å². The van der Waals surface area contributed by atoms with Gasteiger partial charge in [0.1, 0.15) is 25.5 Å². The number of benzene rings is 2. The van der Waals surface area contributed by atoms with E-state index < -0.39 is 18.3 Å². The molecule has 6 aliphatic heterocycles. The van der Waals surface area contributed by atoms with Gasteiger partial charge in [-0.25, -0.2) is 24.5 Å². The highest BCUT2D eigenvalue weighted by Gasteiger charge is 2.53. The van der Waals surface area contributed by atoms with Crippen LogP contribution in [0.1, 0.15) is 111 Å². The molecule has 0 unspecified atom stereocenters. The number of nitrogens with zero attached hydrogens (tertiary/aromatic N) is 7. The third-order valence-corrected chi connectivity index (χ3v) is 20.7. The number of amides is 2. The zero-order valence-electron chi connectivity index (χ0n) is 50.3. The third-order valence-electron chi connectivity index (χ3n) is 16.2. The van der Waals surface area contributed by atoms with Crippen molar-refractivity contribution in [2.75, 3.05) is 73.1 Å². The molecule has 2 atom stereocenters. The number of β-amino-alcohol motifs (C(OH)–C–C–N with tert-alkyl or cyclic N) is 3. The van der Waals surface area contributed by atoms with E-state index in [1.807, 2.05) is 35.0 Å². The van der Waals surface area contributed by atoms with Crippen molar-refractivity contribution in [1.82, 2.24) is 20.3 Å². The Hall–Kier alpha value is -2.80. The summed E-state index contributed by atoms with van der Waals surface area (Å²) in [6.07, 6.45) is 9.36. The minimum atomic E-state index is -0.494. The summed E-state index contributed by atoms with van der Waals surface area (Å²) in [6, 6.07) is 8.14. The molecule has 19 nitrogen and oxygen atoms in total. The van der Waals surface area contributed by atoms with Crippen LogP contribution >= 0.6 is 117 Å². The lowest BCUT2D eigenvalue weighted by molar-refractivity contribution is 0.00578. The monoisotopic (exact) mass is 1510 g/mol. The minimum Gasteiger partial charge on any atom is -0.490 e. The summed E-state index contributed by atoms with van der Waals surface area (Å²) in [6.45, 7) is 18.3. The zero-order chi connectivity index (χ0) is 62.2. The lowest BCUT2D eigenvalue weighted by Crippen LogP contribution is -2.50. The molecule has 3 aromatic heterocycles. The van der Waals surface area contributed by atoms with Crippen molar-refractivity contribution >= 4 is 164 Å². The highest BCUT2D eigenvalue weighted by molar-refractivity contribution is 9.11. The molecule has 4 N–H and O–H groups in total.